The predicted molar refractivity (Wildman–Crippen MR) is 92.0 cm³/mol. The number of nitrogens with zero attached hydrogens (tertiary/aromatic N) is 2. The fourth-order valence-corrected chi connectivity index (χ4v) is 4.32. The van der Waals surface area contributed by atoms with Gasteiger partial charge in [0.05, 0.1) is 0 Å². The lowest BCUT2D eigenvalue weighted by Crippen LogP contribution is -2.50. The van der Waals surface area contributed by atoms with Crippen molar-refractivity contribution in [1.29, 1.82) is 0 Å². The highest BCUT2D eigenvalue weighted by Crippen LogP contribution is 2.40. The van der Waals surface area contributed by atoms with Crippen LogP contribution in [0.25, 0.3) is 5.70 Å². The van der Waals surface area contributed by atoms with Gasteiger partial charge in [-0.25, -0.2) is 0 Å². The first kappa shape index (κ1) is 15.4. The van der Waals surface area contributed by atoms with Gasteiger partial charge in [-0.1, -0.05) is 24.8 Å². The van der Waals surface area contributed by atoms with Gasteiger partial charge < -0.3 is 9.80 Å². The molecule has 3 heterocycles. The monoisotopic (exact) mass is 325 g/mol. The highest BCUT2D eigenvalue weighted by Gasteiger charge is 2.37. The van der Waals surface area contributed by atoms with Crippen LogP contribution in [0.15, 0.2) is 24.8 Å². The van der Waals surface area contributed by atoms with Crippen LogP contribution in [-0.4, -0.2) is 47.8 Å². The van der Waals surface area contributed by atoms with Gasteiger partial charge in [-0.3, -0.25) is 14.9 Å². The molecule has 5 heteroatoms. The van der Waals surface area contributed by atoms with Crippen molar-refractivity contribution in [3.63, 3.8) is 0 Å². The van der Waals surface area contributed by atoms with Crippen LogP contribution < -0.4 is 5.32 Å². The van der Waals surface area contributed by atoms with Crippen LogP contribution >= 0.6 is 0 Å². The minimum atomic E-state index is -0.290. The normalized spacial score (nSPS) is 27.5. The van der Waals surface area contributed by atoms with E-state index in [0.717, 1.165) is 30.9 Å². The number of amides is 2. The highest BCUT2D eigenvalue weighted by molar-refractivity contribution is 6.01. The quantitative estimate of drug-likeness (QED) is 0.841. The Hall–Kier alpha value is -2.14. The number of carbonyl (C=O) groups is 2. The van der Waals surface area contributed by atoms with Gasteiger partial charge in [0.15, 0.2) is 0 Å². The molecule has 24 heavy (non-hydrogen) atoms. The average molecular weight is 325 g/mol. The molecule has 0 aliphatic carbocycles. The first-order valence-electron chi connectivity index (χ1n) is 8.64. The van der Waals surface area contributed by atoms with Crippen LogP contribution in [-0.2, 0) is 16.1 Å². The Labute approximate surface area is 142 Å². The Morgan fingerprint density at radius 2 is 2.08 bits per heavy atom. The summed E-state index contributed by atoms with van der Waals surface area (Å²) in [5.41, 5.74) is 4.78. The number of benzene rings is 1. The van der Waals surface area contributed by atoms with Crippen molar-refractivity contribution in [2.45, 2.75) is 37.8 Å². The zero-order valence-corrected chi connectivity index (χ0v) is 14.0. The second-order valence-corrected chi connectivity index (χ2v) is 7.16. The number of likely N-dealkylation sites (N-methyl/N-ethyl adjacent to an activating group) is 1. The molecule has 1 aromatic rings. The van der Waals surface area contributed by atoms with E-state index >= 15 is 0 Å². The average Bonchev–Trinajstić information content (AvgIpc) is 3.12. The molecule has 0 bridgehead atoms. The molecule has 3 aliphatic heterocycles. The molecule has 0 saturated carbocycles. The molecule has 2 fully saturated rings. The molecule has 4 rings (SSSR count). The summed E-state index contributed by atoms with van der Waals surface area (Å²) in [4.78, 5) is 28.1. The van der Waals surface area contributed by atoms with Crippen LogP contribution in [0.2, 0.25) is 0 Å². The van der Waals surface area contributed by atoms with Crippen molar-refractivity contribution < 1.29 is 9.59 Å². The molecule has 0 radical (unpaired) electrons. The maximum atomic E-state index is 12.3. The number of nitrogens with one attached hydrogen (secondary N) is 1. The second kappa shape index (κ2) is 5.74. The summed E-state index contributed by atoms with van der Waals surface area (Å²) in [5.74, 6) is 0.190. The van der Waals surface area contributed by atoms with E-state index in [4.69, 9.17) is 0 Å². The number of likely N-dealkylation sites (tertiary alicyclic amines) is 1. The Bertz CT molecular complexity index is 727. The van der Waals surface area contributed by atoms with E-state index in [1.807, 2.05) is 0 Å². The molecular formula is C19H23N3O2. The fourth-order valence-electron chi connectivity index (χ4n) is 4.32. The zero-order valence-electron chi connectivity index (χ0n) is 14.0. The van der Waals surface area contributed by atoms with Crippen LogP contribution in [0.5, 0.6) is 0 Å². The number of imide groups is 1. The molecule has 2 amide bonds. The minimum absolute atomic E-state index is 0.173. The van der Waals surface area contributed by atoms with Gasteiger partial charge in [0.25, 0.3) is 0 Å². The summed E-state index contributed by atoms with van der Waals surface area (Å²) in [6.45, 7) is 7.17. The number of carbonyl (C=O) groups excluding carboxylic acids is 2. The minimum Gasteiger partial charge on any atom is -0.355 e. The molecule has 1 N–H and O–H groups in total. The van der Waals surface area contributed by atoms with Gasteiger partial charge in [0.1, 0.15) is 6.04 Å². The van der Waals surface area contributed by atoms with E-state index < -0.39 is 0 Å². The van der Waals surface area contributed by atoms with E-state index in [1.165, 1.54) is 17.5 Å². The molecule has 0 spiro atoms. The number of hydrogen-bond donors (Lipinski definition) is 1. The van der Waals surface area contributed by atoms with Crippen LogP contribution in [0.3, 0.4) is 0 Å². The van der Waals surface area contributed by atoms with Crippen molar-refractivity contribution in [3.8, 4) is 0 Å². The van der Waals surface area contributed by atoms with Gasteiger partial charge >= 0.3 is 0 Å². The summed E-state index contributed by atoms with van der Waals surface area (Å²) >= 11 is 0. The van der Waals surface area contributed by atoms with E-state index in [0.29, 0.717) is 18.8 Å². The number of fused-ring (bicyclic) bond motifs is 1. The highest BCUT2D eigenvalue weighted by atomic mass is 16.2. The summed E-state index contributed by atoms with van der Waals surface area (Å²) in [6.07, 6.45) is 2.15. The lowest BCUT2D eigenvalue weighted by molar-refractivity contribution is -0.136. The molecule has 0 aromatic heterocycles. The molecule has 3 aliphatic rings. The van der Waals surface area contributed by atoms with Crippen LogP contribution in [0.4, 0.5) is 0 Å². The first-order valence-corrected chi connectivity index (χ1v) is 8.64. The zero-order chi connectivity index (χ0) is 16.8. The second-order valence-electron chi connectivity index (χ2n) is 7.16. The van der Waals surface area contributed by atoms with Gasteiger partial charge in [0, 0.05) is 30.8 Å². The van der Waals surface area contributed by atoms with Crippen molar-refractivity contribution in [2.75, 3.05) is 20.1 Å². The SMILES string of the molecule is C=C1c2cccc(C3CCN(C)C3)c2CN1C1CCC(=O)NC1=O. The van der Waals surface area contributed by atoms with Gasteiger partial charge in [0.2, 0.25) is 11.8 Å². The fraction of sp³-hybridized carbons (Fsp3) is 0.474. The van der Waals surface area contributed by atoms with E-state index in [-0.39, 0.29) is 17.9 Å². The molecule has 126 valence electrons. The largest absolute Gasteiger partial charge is 0.355 e. The Morgan fingerprint density at radius 3 is 2.79 bits per heavy atom. The number of rotatable bonds is 2. The molecule has 2 saturated heterocycles. The summed E-state index contributed by atoms with van der Waals surface area (Å²) in [7, 11) is 2.16. The summed E-state index contributed by atoms with van der Waals surface area (Å²) in [6, 6.07) is 6.14. The lowest BCUT2D eigenvalue weighted by atomic mass is 9.91. The first-order chi connectivity index (χ1) is 11.5. The molecule has 1 aromatic carbocycles. The maximum Gasteiger partial charge on any atom is 0.249 e. The van der Waals surface area contributed by atoms with Crippen molar-refractivity contribution in [2.24, 2.45) is 0 Å². The van der Waals surface area contributed by atoms with Crippen molar-refractivity contribution in [1.82, 2.24) is 15.1 Å². The van der Waals surface area contributed by atoms with E-state index in [1.54, 1.807) is 0 Å². The lowest BCUT2D eigenvalue weighted by Gasteiger charge is -2.31. The Morgan fingerprint density at radius 1 is 1.25 bits per heavy atom. The third-order valence-electron chi connectivity index (χ3n) is 5.62. The summed E-state index contributed by atoms with van der Waals surface area (Å²) < 4.78 is 0. The number of hydrogen-bond acceptors (Lipinski definition) is 4. The van der Waals surface area contributed by atoms with Crippen molar-refractivity contribution >= 4 is 17.5 Å². The Balaban J connectivity index is 1.63. The number of piperidine rings is 1. The molecular weight excluding hydrogens is 302 g/mol. The van der Waals surface area contributed by atoms with Gasteiger partial charge in [-0.2, -0.15) is 0 Å². The standard InChI is InChI=1S/C19H23N3O2/c1-12-14-4-3-5-15(13-8-9-21(2)10-13)16(14)11-22(12)17-6-7-18(23)20-19(17)24/h3-5,13,17H,1,6-11H2,2H3,(H,20,23,24). The van der Waals surface area contributed by atoms with Crippen LogP contribution in [0, 0.1) is 0 Å². The van der Waals surface area contributed by atoms with Gasteiger partial charge in [-0.05, 0) is 43.5 Å². The summed E-state index contributed by atoms with van der Waals surface area (Å²) in [5, 5.41) is 2.46. The molecule has 5 nitrogen and oxygen atoms in total. The maximum absolute atomic E-state index is 12.3. The molecule has 2 unspecified atom stereocenters. The van der Waals surface area contributed by atoms with E-state index in [2.05, 4.69) is 46.9 Å². The Kier molecular flexibility index (Phi) is 3.68. The van der Waals surface area contributed by atoms with Crippen LogP contribution in [0.1, 0.15) is 41.9 Å². The van der Waals surface area contributed by atoms with Gasteiger partial charge in [-0.15, -0.1) is 0 Å². The third-order valence-corrected chi connectivity index (χ3v) is 5.62. The van der Waals surface area contributed by atoms with Crippen molar-refractivity contribution in [3.05, 3.63) is 41.5 Å². The predicted octanol–water partition coefficient (Wildman–Crippen LogP) is 1.70. The smallest absolute Gasteiger partial charge is 0.249 e. The van der Waals surface area contributed by atoms with E-state index in [9.17, 15) is 9.59 Å². The topological polar surface area (TPSA) is 52.6 Å². The molecule has 2 atom stereocenters. The third kappa shape index (κ3) is 2.44.